The SMILES string of the molecule is CNCCCC1OC(C)(C)c2ccccc21. The molecule has 88 valence electrons. The highest BCUT2D eigenvalue weighted by Gasteiger charge is 2.36. The smallest absolute Gasteiger partial charge is 0.0887 e. The summed E-state index contributed by atoms with van der Waals surface area (Å²) in [6, 6.07) is 8.59. The summed E-state index contributed by atoms with van der Waals surface area (Å²) < 4.78 is 6.14. The lowest BCUT2D eigenvalue weighted by Crippen LogP contribution is -2.16. The molecule has 0 aliphatic carbocycles. The van der Waals surface area contributed by atoms with Crippen LogP contribution in [0.1, 0.15) is 43.9 Å². The fourth-order valence-electron chi connectivity index (χ4n) is 2.49. The maximum absolute atomic E-state index is 6.14. The van der Waals surface area contributed by atoms with Crippen molar-refractivity contribution in [2.24, 2.45) is 0 Å². The Labute approximate surface area is 98.0 Å². The van der Waals surface area contributed by atoms with Crippen molar-refractivity contribution in [1.82, 2.24) is 5.32 Å². The van der Waals surface area contributed by atoms with E-state index in [1.807, 2.05) is 7.05 Å². The van der Waals surface area contributed by atoms with Gasteiger partial charge in [-0.25, -0.2) is 0 Å². The monoisotopic (exact) mass is 219 g/mol. The topological polar surface area (TPSA) is 21.3 Å². The average molecular weight is 219 g/mol. The summed E-state index contributed by atoms with van der Waals surface area (Å²) >= 11 is 0. The number of ether oxygens (including phenoxy) is 1. The molecule has 2 rings (SSSR count). The Morgan fingerprint density at radius 3 is 2.81 bits per heavy atom. The van der Waals surface area contributed by atoms with E-state index in [-0.39, 0.29) is 11.7 Å². The zero-order valence-electron chi connectivity index (χ0n) is 10.4. The van der Waals surface area contributed by atoms with Crippen LogP contribution in [0.5, 0.6) is 0 Å². The first-order valence-corrected chi connectivity index (χ1v) is 6.07. The molecule has 0 saturated heterocycles. The molecular weight excluding hydrogens is 198 g/mol. The Hall–Kier alpha value is -0.860. The first-order chi connectivity index (χ1) is 7.65. The van der Waals surface area contributed by atoms with Gasteiger partial charge >= 0.3 is 0 Å². The van der Waals surface area contributed by atoms with E-state index in [1.54, 1.807) is 0 Å². The van der Waals surface area contributed by atoms with Crippen LogP contribution in [0, 0.1) is 0 Å². The molecule has 0 spiro atoms. The molecule has 1 aromatic rings. The van der Waals surface area contributed by atoms with E-state index in [9.17, 15) is 0 Å². The van der Waals surface area contributed by atoms with Crippen LogP contribution < -0.4 is 5.32 Å². The summed E-state index contributed by atoms with van der Waals surface area (Å²) in [4.78, 5) is 0. The van der Waals surface area contributed by atoms with Gasteiger partial charge in [-0.05, 0) is 51.4 Å². The number of hydrogen-bond acceptors (Lipinski definition) is 2. The molecule has 2 nitrogen and oxygen atoms in total. The van der Waals surface area contributed by atoms with Crippen LogP contribution in [-0.2, 0) is 10.3 Å². The minimum Gasteiger partial charge on any atom is -0.363 e. The number of benzene rings is 1. The maximum Gasteiger partial charge on any atom is 0.0887 e. The van der Waals surface area contributed by atoms with Crippen molar-refractivity contribution in [2.75, 3.05) is 13.6 Å². The van der Waals surface area contributed by atoms with E-state index in [0.717, 1.165) is 19.4 Å². The molecule has 1 unspecified atom stereocenters. The second-order valence-corrected chi connectivity index (χ2v) is 4.95. The third-order valence-corrected chi connectivity index (χ3v) is 3.29. The van der Waals surface area contributed by atoms with Crippen LogP contribution in [0.25, 0.3) is 0 Å². The van der Waals surface area contributed by atoms with Crippen LogP contribution in [-0.4, -0.2) is 13.6 Å². The molecular formula is C14H21NO. The van der Waals surface area contributed by atoms with Crippen LogP contribution in [0.15, 0.2) is 24.3 Å². The molecule has 1 aliphatic heterocycles. The average Bonchev–Trinajstić information content (AvgIpc) is 2.52. The minimum atomic E-state index is -0.124. The predicted octanol–water partition coefficient (Wildman–Crippen LogP) is 2.99. The maximum atomic E-state index is 6.14. The minimum absolute atomic E-state index is 0.124. The number of hydrogen-bond donors (Lipinski definition) is 1. The summed E-state index contributed by atoms with van der Waals surface area (Å²) in [6.07, 6.45) is 2.53. The summed E-state index contributed by atoms with van der Waals surface area (Å²) in [5.74, 6) is 0. The van der Waals surface area contributed by atoms with Crippen LogP contribution >= 0.6 is 0 Å². The summed E-state index contributed by atoms with van der Waals surface area (Å²) in [5, 5.41) is 3.18. The Morgan fingerprint density at radius 2 is 2.06 bits per heavy atom. The first kappa shape index (κ1) is 11.6. The highest BCUT2D eigenvalue weighted by Crippen LogP contribution is 2.44. The normalized spacial score (nSPS) is 22.1. The molecule has 0 amide bonds. The lowest BCUT2D eigenvalue weighted by Gasteiger charge is -2.20. The Kier molecular flexibility index (Phi) is 3.31. The number of rotatable bonds is 4. The van der Waals surface area contributed by atoms with Crippen LogP contribution in [0.3, 0.4) is 0 Å². The van der Waals surface area contributed by atoms with Gasteiger partial charge in [0.2, 0.25) is 0 Å². The number of nitrogens with one attached hydrogen (secondary N) is 1. The van der Waals surface area contributed by atoms with Gasteiger partial charge in [0.25, 0.3) is 0 Å². The zero-order chi connectivity index (χ0) is 11.6. The first-order valence-electron chi connectivity index (χ1n) is 6.07. The van der Waals surface area contributed by atoms with Gasteiger partial charge in [-0.15, -0.1) is 0 Å². The second kappa shape index (κ2) is 4.56. The summed E-state index contributed by atoms with van der Waals surface area (Å²) in [6.45, 7) is 5.37. The zero-order valence-corrected chi connectivity index (χ0v) is 10.4. The Bertz CT molecular complexity index is 360. The molecule has 0 bridgehead atoms. The molecule has 1 heterocycles. The molecule has 2 heteroatoms. The largest absolute Gasteiger partial charge is 0.363 e. The van der Waals surface area contributed by atoms with Gasteiger partial charge in [-0.2, -0.15) is 0 Å². The molecule has 1 aromatic carbocycles. The predicted molar refractivity (Wildman–Crippen MR) is 66.5 cm³/mol. The van der Waals surface area contributed by atoms with Gasteiger partial charge in [0, 0.05) is 0 Å². The van der Waals surface area contributed by atoms with E-state index in [1.165, 1.54) is 11.1 Å². The number of fused-ring (bicyclic) bond motifs is 1. The third-order valence-electron chi connectivity index (χ3n) is 3.29. The summed E-state index contributed by atoms with van der Waals surface area (Å²) in [7, 11) is 1.99. The van der Waals surface area contributed by atoms with Crippen LogP contribution in [0.4, 0.5) is 0 Å². The lowest BCUT2D eigenvalue weighted by atomic mass is 9.94. The molecule has 1 aliphatic rings. The molecule has 1 N–H and O–H groups in total. The fourth-order valence-corrected chi connectivity index (χ4v) is 2.49. The van der Waals surface area contributed by atoms with Crippen molar-refractivity contribution >= 4 is 0 Å². The van der Waals surface area contributed by atoms with Crippen molar-refractivity contribution in [1.29, 1.82) is 0 Å². The van der Waals surface area contributed by atoms with Gasteiger partial charge in [-0.3, -0.25) is 0 Å². The van der Waals surface area contributed by atoms with Crippen molar-refractivity contribution in [2.45, 2.75) is 38.4 Å². The summed E-state index contributed by atoms with van der Waals surface area (Å²) in [5.41, 5.74) is 2.61. The van der Waals surface area contributed by atoms with Crippen molar-refractivity contribution in [3.05, 3.63) is 35.4 Å². The lowest BCUT2D eigenvalue weighted by molar-refractivity contribution is -0.0557. The van der Waals surface area contributed by atoms with E-state index in [2.05, 4.69) is 43.4 Å². The molecule has 0 saturated carbocycles. The standard InChI is InChI=1S/C14H21NO/c1-14(2)12-8-5-4-7-11(12)13(16-14)9-6-10-15-3/h4-5,7-8,13,15H,6,9-10H2,1-3H3. The van der Waals surface area contributed by atoms with Crippen molar-refractivity contribution < 1.29 is 4.74 Å². The fraction of sp³-hybridized carbons (Fsp3) is 0.571. The van der Waals surface area contributed by atoms with E-state index >= 15 is 0 Å². The molecule has 0 radical (unpaired) electrons. The molecule has 0 fully saturated rings. The van der Waals surface area contributed by atoms with E-state index < -0.39 is 0 Å². The van der Waals surface area contributed by atoms with Gasteiger partial charge < -0.3 is 10.1 Å². The van der Waals surface area contributed by atoms with Gasteiger partial charge in [-0.1, -0.05) is 24.3 Å². The van der Waals surface area contributed by atoms with Gasteiger partial charge in [0.15, 0.2) is 0 Å². The van der Waals surface area contributed by atoms with Crippen LogP contribution in [0.2, 0.25) is 0 Å². The Morgan fingerprint density at radius 1 is 1.31 bits per heavy atom. The van der Waals surface area contributed by atoms with Gasteiger partial charge in [0.1, 0.15) is 0 Å². The highest BCUT2D eigenvalue weighted by atomic mass is 16.5. The van der Waals surface area contributed by atoms with E-state index in [4.69, 9.17) is 4.74 Å². The molecule has 0 aromatic heterocycles. The Balaban J connectivity index is 2.13. The van der Waals surface area contributed by atoms with Gasteiger partial charge in [0.05, 0.1) is 11.7 Å². The highest BCUT2D eigenvalue weighted by molar-refractivity contribution is 5.36. The third kappa shape index (κ3) is 2.13. The quantitative estimate of drug-likeness (QED) is 0.786. The van der Waals surface area contributed by atoms with E-state index in [0.29, 0.717) is 0 Å². The molecule has 1 atom stereocenters. The second-order valence-electron chi connectivity index (χ2n) is 4.95. The van der Waals surface area contributed by atoms with Crippen molar-refractivity contribution in [3.63, 3.8) is 0 Å². The molecule has 16 heavy (non-hydrogen) atoms. The van der Waals surface area contributed by atoms with Crippen molar-refractivity contribution in [3.8, 4) is 0 Å².